The smallest absolute Gasteiger partial charge is 0.144 e. The molecule has 6 nitrogen and oxygen atoms in total. The number of benzene rings is 7. The zero-order valence-corrected chi connectivity index (χ0v) is 32.1. The van der Waals surface area contributed by atoms with Crippen molar-refractivity contribution < 1.29 is 8.83 Å². The number of aromatic nitrogens is 3. The Balaban J connectivity index is 0.876. The standard InChI is InChI=1S/C54H32N4O2/c1-3-16-47-37(10-1)39-12-6-14-41(53(39)59-47)45-28-24-33-20-18-31-22-26-43(55-49(31)51(33)57-45)35-8-5-9-36(30-35)44-27-23-32-19-21-34-25-29-46(58-52(34)50(32)56-44)42-15-7-13-40-38-11-2-4-17-48(38)60-54(40)42/h1-30,45,57H. The summed E-state index contributed by atoms with van der Waals surface area (Å²) in [5.74, 6) is 0. The molecule has 12 aromatic rings. The Labute approximate surface area is 343 Å². The van der Waals surface area contributed by atoms with Gasteiger partial charge in [-0.15, -0.1) is 0 Å². The molecular formula is C54H32N4O2. The van der Waals surface area contributed by atoms with Crippen LogP contribution in [0.2, 0.25) is 0 Å². The van der Waals surface area contributed by atoms with Gasteiger partial charge in [-0.1, -0.05) is 140 Å². The van der Waals surface area contributed by atoms with Gasteiger partial charge in [-0.25, -0.2) is 15.0 Å². The number of nitrogens with zero attached hydrogens (tertiary/aromatic N) is 3. The van der Waals surface area contributed by atoms with Crippen LogP contribution in [0.5, 0.6) is 0 Å². The maximum Gasteiger partial charge on any atom is 0.144 e. The Morgan fingerprint density at radius 1 is 0.433 bits per heavy atom. The van der Waals surface area contributed by atoms with E-state index in [-0.39, 0.29) is 6.04 Å². The van der Waals surface area contributed by atoms with Gasteiger partial charge in [0.25, 0.3) is 0 Å². The number of hydrogen-bond donors (Lipinski definition) is 1. The summed E-state index contributed by atoms with van der Waals surface area (Å²) in [6, 6.07) is 58.7. The molecule has 7 aromatic carbocycles. The van der Waals surface area contributed by atoms with Gasteiger partial charge in [0.05, 0.1) is 45.4 Å². The molecule has 0 amide bonds. The van der Waals surface area contributed by atoms with Crippen LogP contribution in [-0.4, -0.2) is 15.0 Å². The second kappa shape index (κ2) is 12.7. The molecule has 1 N–H and O–H groups in total. The molecule has 5 aromatic heterocycles. The van der Waals surface area contributed by atoms with E-state index in [0.29, 0.717) is 0 Å². The highest BCUT2D eigenvalue weighted by molar-refractivity contribution is 6.11. The van der Waals surface area contributed by atoms with Crippen LogP contribution in [0.15, 0.2) is 185 Å². The summed E-state index contributed by atoms with van der Waals surface area (Å²) in [4.78, 5) is 15.9. The molecule has 1 aliphatic rings. The zero-order valence-electron chi connectivity index (χ0n) is 32.1. The summed E-state index contributed by atoms with van der Waals surface area (Å²) in [7, 11) is 0. The fourth-order valence-electron chi connectivity index (χ4n) is 9.12. The molecule has 6 heterocycles. The lowest BCUT2D eigenvalue weighted by atomic mass is 9.96. The minimum atomic E-state index is -0.0826. The van der Waals surface area contributed by atoms with E-state index in [9.17, 15) is 0 Å². The molecular weight excluding hydrogens is 737 g/mol. The normalized spacial score (nSPS) is 13.9. The Hall–Kier alpha value is -8.09. The summed E-state index contributed by atoms with van der Waals surface area (Å²) in [6.07, 6.45) is 4.40. The second-order valence-corrected chi connectivity index (χ2v) is 15.6. The van der Waals surface area contributed by atoms with Gasteiger partial charge in [0.1, 0.15) is 22.3 Å². The van der Waals surface area contributed by atoms with Gasteiger partial charge >= 0.3 is 0 Å². The number of furan rings is 2. The quantitative estimate of drug-likeness (QED) is 0.180. The minimum absolute atomic E-state index is 0.0826. The highest BCUT2D eigenvalue weighted by atomic mass is 16.3. The summed E-state index contributed by atoms with van der Waals surface area (Å²) in [5, 5.41) is 11.4. The van der Waals surface area contributed by atoms with Gasteiger partial charge in [-0.2, -0.15) is 0 Å². The highest BCUT2D eigenvalue weighted by Crippen LogP contribution is 2.41. The number of hydrogen-bond acceptors (Lipinski definition) is 6. The topological polar surface area (TPSA) is 77.0 Å². The maximum absolute atomic E-state index is 6.43. The van der Waals surface area contributed by atoms with Gasteiger partial charge < -0.3 is 14.2 Å². The summed E-state index contributed by atoms with van der Waals surface area (Å²) < 4.78 is 12.8. The van der Waals surface area contributed by atoms with E-state index in [1.807, 2.05) is 30.3 Å². The number of fused-ring (bicyclic) bond motifs is 12. The van der Waals surface area contributed by atoms with Crippen LogP contribution in [0.3, 0.4) is 0 Å². The van der Waals surface area contributed by atoms with Gasteiger partial charge in [0, 0.05) is 60.0 Å². The molecule has 1 atom stereocenters. The molecule has 13 rings (SSSR count). The molecule has 0 bridgehead atoms. The zero-order chi connectivity index (χ0) is 39.3. The number of anilines is 1. The molecule has 6 heteroatoms. The average molecular weight is 769 g/mol. The third kappa shape index (κ3) is 5.04. The van der Waals surface area contributed by atoms with Crippen molar-refractivity contribution in [3.63, 3.8) is 0 Å². The molecule has 1 unspecified atom stereocenters. The molecule has 1 aliphatic heterocycles. The molecule has 0 aliphatic carbocycles. The molecule has 0 spiro atoms. The van der Waals surface area contributed by atoms with E-state index in [1.54, 1.807) is 0 Å². The van der Waals surface area contributed by atoms with E-state index >= 15 is 0 Å². The van der Waals surface area contributed by atoms with Gasteiger partial charge in [-0.3, -0.25) is 0 Å². The van der Waals surface area contributed by atoms with Crippen LogP contribution < -0.4 is 5.32 Å². The minimum Gasteiger partial charge on any atom is -0.456 e. The van der Waals surface area contributed by atoms with Gasteiger partial charge in [0.15, 0.2) is 0 Å². The van der Waals surface area contributed by atoms with Crippen molar-refractivity contribution in [1.82, 2.24) is 15.0 Å². The van der Waals surface area contributed by atoms with Crippen LogP contribution in [0.4, 0.5) is 5.69 Å². The Bertz CT molecular complexity index is 3780. The van der Waals surface area contributed by atoms with Gasteiger partial charge in [-0.05, 0) is 48.0 Å². The van der Waals surface area contributed by atoms with Crippen molar-refractivity contribution in [1.29, 1.82) is 0 Å². The molecule has 280 valence electrons. The first-order chi connectivity index (χ1) is 29.7. The van der Waals surface area contributed by atoms with Crippen LogP contribution >= 0.6 is 0 Å². The first-order valence-electron chi connectivity index (χ1n) is 20.2. The van der Waals surface area contributed by atoms with Gasteiger partial charge in [0.2, 0.25) is 0 Å². The summed E-state index contributed by atoms with van der Waals surface area (Å²) in [6.45, 7) is 0. The largest absolute Gasteiger partial charge is 0.456 e. The molecule has 60 heavy (non-hydrogen) atoms. The highest BCUT2D eigenvalue weighted by Gasteiger charge is 2.22. The van der Waals surface area contributed by atoms with E-state index < -0.39 is 0 Å². The number of pyridine rings is 3. The lowest BCUT2D eigenvalue weighted by Crippen LogP contribution is -2.13. The van der Waals surface area contributed by atoms with Crippen molar-refractivity contribution in [2.45, 2.75) is 6.04 Å². The first kappa shape index (κ1) is 32.9. The number of para-hydroxylation sites is 4. The van der Waals surface area contributed by atoms with Crippen LogP contribution in [-0.2, 0) is 0 Å². The molecule has 0 radical (unpaired) electrons. The van der Waals surface area contributed by atoms with E-state index in [0.717, 1.165) is 127 Å². The van der Waals surface area contributed by atoms with E-state index in [4.69, 9.17) is 23.8 Å². The third-order valence-electron chi connectivity index (χ3n) is 12.1. The Morgan fingerprint density at radius 2 is 0.967 bits per heavy atom. The van der Waals surface area contributed by atoms with Crippen molar-refractivity contribution >= 4 is 88.3 Å². The van der Waals surface area contributed by atoms with Crippen molar-refractivity contribution in [3.05, 3.63) is 187 Å². The first-order valence-corrected chi connectivity index (χ1v) is 20.2. The predicted molar refractivity (Wildman–Crippen MR) is 245 cm³/mol. The van der Waals surface area contributed by atoms with Crippen molar-refractivity contribution in [2.75, 3.05) is 5.32 Å². The number of rotatable bonds is 4. The van der Waals surface area contributed by atoms with Crippen molar-refractivity contribution in [3.8, 4) is 33.8 Å². The fourth-order valence-corrected chi connectivity index (χ4v) is 9.12. The number of nitrogens with one attached hydrogen (secondary N) is 1. The Kier molecular flexibility index (Phi) is 6.97. The molecule has 0 saturated carbocycles. The average Bonchev–Trinajstić information content (AvgIpc) is 3.90. The maximum atomic E-state index is 6.43. The van der Waals surface area contributed by atoms with E-state index in [1.165, 1.54) is 0 Å². The molecule has 0 saturated heterocycles. The van der Waals surface area contributed by atoms with Crippen LogP contribution in [0, 0.1) is 0 Å². The second-order valence-electron chi connectivity index (χ2n) is 15.6. The van der Waals surface area contributed by atoms with E-state index in [2.05, 4.69) is 157 Å². The third-order valence-corrected chi connectivity index (χ3v) is 12.1. The summed E-state index contributed by atoms with van der Waals surface area (Å²) >= 11 is 0. The lowest BCUT2D eigenvalue weighted by Gasteiger charge is -2.24. The fraction of sp³-hybridized carbons (Fsp3) is 0.0185. The SMILES string of the molecule is C1=CC(c2cccc3c2oc2ccccc23)Nc2c1ccc1ccc(-c3cccc(-c4ccc5ccc6ccc(-c7cccc8c7oc7ccccc78)nc6c5n4)c3)nc21. The predicted octanol–water partition coefficient (Wildman–Crippen LogP) is 14.3. The van der Waals surface area contributed by atoms with Crippen LogP contribution in [0.25, 0.3) is 116 Å². The summed E-state index contributed by atoms with van der Waals surface area (Å²) in [5.41, 5.74) is 14.9. The molecule has 0 fully saturated rings. The lowest BCUT2D eigenvalue weighted by molar-refractivity contribution is 0.661. The Morgan fingerprint density at radius 3 is 1.70 bits per heavy atom. The van der Waals surface area contributed by atoms with Crippen LogP contribution in [0.1, 0.15) is 17.2 Å². The van der Waals surface area contributed by atoms with Crippen molar-refractivity contribution in [2.24, 2.45) is 0 Å². The monoisotopic (exact) mass is 768 g/mol.